The van der Waals surface area contributed by atoms with Crippen LogP contribution in [0, 0.1) is 0 Å². The number of carbonyl (C=O) groups is 2. The van der Waals surface area contributed by atoms with Crippen LogP contribution in [0.15, 0.2) is 66.7 Å². The zero-order valence-corrected chi connectivity index (χ0v) is 11.3. The summed E-state index contributed by atoms with van der Waals surface area (Å²) in [4.78, 5) is 23.2. The highest BCUT2D eigenvalue weighted by molar-refractivity contribution is 5.97. The van der Waals surface area contributed by atoms with Gasteiger partial charge >= 0.3 is 5.97 Å². The van der Waals surface area contributed by atoms with Gasteiger partial charge in [-0.15, -0.1) is 0 Å². The number of aliphatic carboxylic acids is 1. The number of hydrogen-bond acceptors (Lipinski definition) is 2. The van der Waals surface area contributed by atoms with Gasteiger partial charge in [-0.3, -0.25) is 4.79 Å². The molecule has 0 aromatic heterocycles. The topological polar surface area (TPSA) is 66.4 Å². The van der Waals surface area contributed by atoms with Gasteiger partial charge in [0.25, 0.3) is 5.91 Å². The summed E-state index contributed by atoms with van der Waals surface area (Å²) in [5.74, 6) is -1.52. The molecule has 2 N–H and O–H groups in total. The zero-order valence-electron chi connectivity index (χ0n) is 11.3. The van der Waals surface area contributed by atoms with E-state index in [0.717, 1.165) is 5.56 Å². The van der Waals surface area contributed by atoms with Crippen LogP contribution < -0.4 is 5.32 Å². The van der Waals surface area contributed by atoms with Gasteiger partial charge in [0.2, 0.25) is 0 Å². The molecule has 0 bridgehead atoms. The van der Waals surface area contributed by atoms with Crippen LogP contribution in [-0.4, -0.2) is 23.0 Å². The van der Waals surface area contributed by atoms with E-state index in [-0.39, 0.29) is 0 Å². The molecule has 0 aliphatic carbocycles. The molecule has 0 spiro atoms. The number of benzene rings is 2. The molecular formula is C17H15NO3. The van der Waals surface area contributed by atoms with Crippen molar-refractivity contribution in [1.82, 2.24) is 5.32 Å². The van der Waals surface area contributed by atoms with Gasteiger partial charge in [0.15, 0.2) is 0 Å². The van der Waals surface area contributed by atoms with Crippen molar-refractivity contribution in [1.29, 1.82) is 0 Å². The first-order valence-electron chi connectivity index (χ1n) is 6.49. The van der Waals surface area contributed by atoms with Crippen molar-refractivity contribution in [3.8, 4) is 0 Å². The lowest BCUT2D eigenvalue weighted by Crippen LogP contribution is -2.39. The minimum Gasteiger partial charge on any atom is -0.479 e. The summed E-state index contributed by atoms with van der Waals surface area (Å²) >= 11 is 0. The molecule has 0 aliphatic heterocycles. The third kappa shape index (κ3) is 4.31. The summed E-state index contributed by atoms with van der Waals surface area (Å²) in [6, 6.07) is 16.8. The number of hydrogen-bond donors (Lipinski definition) is 2. The van der Waals surface area contributed by atoms with E-state index >= 15 is 0 Å². The molecular weight excluding hydrogens is 266 g/mol. The molecule has 0 radical (unpaired) electrons. The fourth-order valence-electron chi connectivity index (χ4n) is 1.78. The molecule has 2 aromatic carbocycles. The third-order valence-corrected chi connectivity index (χ3v) is 2.87. The molecule has 4 heteroatoms. The van der Waals surface area contributed by atoms with Crippen LogP contribution in [-0.2, 0) is 4.79 Å². The monoisotopic (exact) mass is 281 g/mol. The Morgan fingerprint density at radius 1 is 0.952 bits per heavy atom. The van der Waals surface area contributed by atoms with Crippen LogP contribution in [0.5, 0.6) is 0 Å². The van der Waals surface area contributed by atoms with Crippen LogP contribution in [0.3, 0.4) is 0 Å². The average molecular weight is 281 g/mol. The van der Waals surface area contributed by atoms with Crippen molar-refractivity contribution in [2.75, 3.05) is 0 Å². The lowest BCUT2D eigenvalue weighted by Gasteiger charge is -2.10. The molecule has 1 atom stereocenters. The molecule has 1 amide bonds. The Balaban J connectivity index is 2.08. The molecule has 0 fully saturated rings. The molecule has 0 aliphatic rings. The summed E-state index contributed by atoms with van der Waals surface area (Å²) in [7, 11) is 0. The summed E-state index contributed by atoms with van der Waals surface area (Å²) in [6.07, 6.45) is 3.13. The first-order chi connectivity index (χ1) is 10.2. The minimum atomic E-state index is -1.11. The Hall–Kier alpha value is -2.88. The molecule has 106 valence electrons. The number of carboxylic acids is 1. The molecule has 0 saturated heterocycles. The number of carbonyl (C=O) groups excluding carboxylic acids is 1. The molecule has 0 saturated carbocycles. The summed E-state index contributed by atoms with van der Waals surface area (Å²) < 4.78 is 0. The quantitative estimate of drug-likeness (QED) is 0.885. The minimum absolute atomic E-state index is 0.416. The largest absolute Gasteiger partial charge is 0.479 e. The molecule has 1 unspecified atom stereocenters. The van der Waals surface area contributed by atoms with Crippen molar-refractivity contribution in [2.45, 2.75) is 6.04 Å². The zero-order chi connectivity index (χ0) is 15.1. The first kappa shape index (κ1) is 14.5. The normalized spacial score (nSPS) is 12.0. The van der Waals surface area contributed by atoms with E-state index in [0.29, 0.717) is 5.56 Å². The van der Waals surface area contributed by atoms with Gasteiger partial charge in [-0.1, -0.05) is 60.7 Å². The third-order valence-electron chi connectivity index (χ3n) is 2.87. The van der Waals surface area contributed by atoms with Crippen molar-refractivity contribution in [3.63, 3.8) is 0 Å². The lowest BCUT2D eigenvalue weighted by atomic mass is 10.1. The maximum atomic E-state index is 12.0. The van der Waals surface area contributed by atoms with Crippen molar-refractivity contribution < 1.29 is 14.7 Å². The first-order valence-corrected chi connectivity index (χ1v) is 6.49. The van der Waals surface area contributed by atoms with E-state index in [1.165, 1.54) is 6.08 Å². The van der Waals surface area contributed by atoms with Crippen LogP contribution in [0.25, 0.3) is 6.08 Å². The van der Waals surface area contributed by atoms with Gasteiger partial charge in [0, 0.05) is 5.56 Å². The van der Waals surface area contributed by atoms with Crippen LogP contribution in [0.4, 0.5) is 0 Å². The van der Waals surface area contributed by atoms with E-state index < -0.39 is 17.9 Å². The van der Waals surface area contributed by atoms with E-state index in [1.54, 1.807) is 36.4 Å². The Morgan fingerprint density at radius 3 is 2.10 bits per heavy atom. The van der Waals surface area contributed by atoms with E-state index in [1.807, 2.05) is 30.3 Å². The maximum Gasteiger partial charge on any atom is 0.330 e. The predicted molar refractivity (Wildman–Crippen MR) is 80.8 cm³/mol. The van der Waals surface area contributed by atoms with E-state index in [4.69, 9.17) is 0 Å². The second-order valence-corrected chi connectivity index (χ2v) is 4.43. The number of nitrogens with one attached hydrogen (secondary N) is 1. The summed E-state index contributed by atoms with van der Waals surface area (Å²) in [6.45, 7) is 0. The molecule has 21 heavy (non-hydrogen) atoms. The van der Waals surface area contributed by atoms with Crippen molar-refractivity contribution >= 4 is 18.0 Å². The predicted octanol–water partition coefficient (Wildman–Crippen LogP) is 2.58. The Labute approximate surface area is 122 Å². The Morgan fingerprint density at radius 2 is 1.52 bits per heavy atom. The number of rotatable bonds is 5. The second-order valence-electron chi connectivity index (χ2n) is 4.43. The van der Waals surface area contributed by atoms with Crippen LogP contribution >= 0.6 is 0 Å². The summed E-state index contributed by atoms with van der Waals surface area (Å²) in [5, 5.41) is 11.7. The standard InChI is InChI=1S/C17H15NO3/c19-16(14-9-5-2-6-10-14)18-15(17(20)21)12-11-13-7-3-1-4-8-13/h1-12,15H,(H,18,19)(H,20,21)/b12-11+. The van der Waals surface area contributed by atoms with Crippen LogP contribution in [0.2, 0.25) is 0 Å². The number of carboxylic acid groups (broad SMARTS) is 1. The van der Waals surface area contributed by atoms with E-state index in [9.17, 15) is 14.7 Å². The highest BCUT2D eigenvalue weighted by Gasteiger charge is 2.17. The second kappa shape index (κ2) is 7.05. The average Bonchev–Trinajstić information content (AvgIpc) is 2.52. The van der Waals surface area contributed by atoms with Gasteiger partial charge in [-0.2, -0.15) is 0 Å². The molecule has 4 nitrogen and oxygen atoms in total. The fraction of sp³-hybridized carbons (Fsp3) is 0.0588. The molecule has 0 heterocycles. The fourth-order valence-corrected chi connectivity index (χ4v) is 1.78. The Kier molecular flexibility index (Phi) is 4.88. The summed E-state index contributed by atoms with van der Waals surface area (Å²) in [5.41, 5.74) is 1.30. The maximum absolute atomic E-state index is 12.0. The van der Waals surface area contributed by atoms with Gasteiger partial charge in [0.05, 0.1) is 0 Å². The van der Waals surface area contributed by atoms with Crippen molar-refractivity contribution in [3.05, 3.63) is 77.9 Å². The lowest BCUT2D eigenvalue weighted by molar-refractivity contribution is -0.137. The highest BCUT2D eigenvalue weighted by atomic mass is 16.4. The highest BCUT2D eigenvalue weighted by Crippen LogP contribution is 2.04. The number of amides is 1. The van der Waals surface area contributed by atoms with E-state index in [2.05, 4.69) is 5.32 Å². The van der Waals surface area contributed by atoms with Crippen molar-refractivity contribution in [2.24, 2.45) is 0 Å². The van der Waals surface area contributed by atoms with Gasteiger partial charge in [-0.25, -0.2) is 4.79 Å². The van der Waals surface area contributed by atoms with Gasteiger partial charge in [-0.05, 0) is 17.7 Å². The Bertz CT molecular complexity index is 636. The molecule has 2 aromatic rings. The molecule has 2 rings (SSSR count). The van der Waals surface area contributed by atoms with Crippen LogP contribution in [0.1, 0.15) is 15.9 Å². The van der Waals surface area contributed by atoms with Gasteiger partial charge < -0.3 is 10.4 Å². The van der Waals surface area contributed by atoms with Gasteiger partial charge in [0.1, 0.15) is 6.04 Å². The smallest absolute Gasteiger partial charge is 0.330 e. The SMILES string of the molecule is O=C(NC(/C=C/c1ccccc1)C(=O)O)c1ccccc1.